The number of nitrogens with two attached hydrogens (primary N) is 1. The number of rotatable bonds is 2. The molecule has 1 aromatic heterocycles. The highest BCUT2D eigenvalue weighted by Crippen LogP contribution is 2.25. The van der Waals surface area contributed by atoms with Gasteiger partial charge in [0.05, 0.1) is 15.7 Å². The average Bonchev–Trinajstić information content (AvgIpc) is 2.44. The monoisotopic (exact) mass is 317 g/mol. The number of halogens is 2. The van der Waals surface area contributed by atoms with Crippen LogP contribution in [0.1, 0.15) is 11.1 Å². The highest BCUT2D eigenvalue weighted by molar-refractivity contribution is 9.10. The molecule has 0 saturated heterocycles. The second-order valence-electron chi connectivity index (χ2n) is 3.77. The molecule has 0 unspecified atom stereocenters. The molecule has 0 fully saturated rings. The molecule has 0 spiro atoms. The summed E-state index contributed by atoms with van der Waals surface area (Å²) < 4.78 is 13.5. The number of allylic oxidation sites excluding steroid dienone is 1. The zero-order chi connectivity index (χ0) is 13.8. The number of pyridine rings is 1. The lowest BCUT2D eigenvalue weighted by Gasteiger charge is -2.07. The van der Waals surface area contributed by atoms with E-state index in [-0.39, 0.29) is 5.82 Å². The molecule has 0 saturated carbocycles. The normalized spacial score (nSPS) is 11.6. The Kier molecular flexibility index (Phi) is 3.93. The molecule has 0 radical (unpaired) electrons. The van der Waals surface area contributed by atoms with Crippen LogP contribution >= 0.6 is 15.9 Å². The van der Waals surface area contributed by atoms with Gasteiger partial charge < -0.3 is 5.73 Å². The molecule has 0 aliphatic carbocycles. The van der Waals surface area contributed by atoms with Crippen molar-refractivity contribution in [3.8, 4) is 6.07 Å². The lowest BCUT2D eigenvalue weighted by atomic mass is 10.0. The van der Waals surface area contributed by atoms with E-state index in [1.807, 2.05) is 0 Å². The first-order chi connectivity index (χ1) is 9.13. The van der Waals surface area contributed by atoms with Gasteiger partial charge in [0, 0.05) is 18.0 Å². The molecular weight excluding hydrogens is 309 g/mol. The lowest BCUT2D eigenvalue weighted by Crippen LogP contribution is -2.01. The van der Waals surface area contributed by atoms with Gasteiger partial charge in [-0.25, -0.2) is 4.39 Å². The number of aromatic nitrogens is 1. The van der Waals surface area contributed by atoms with Crippen molar-refractivity contribution in [1.82, 2.24) is 4.98 Å². The molecule has 2 N–H and O–H groups in total. The fourth-order valence-corrected chi connectivity index (χ4v) is 1.99. The van der Waals surface area contributed by atoms with Crippen molar-refractivity contribution in [2.75, 3.05) is 0 Å². The van der Waals surface area contributed by atoms with Crippen LogP contribution in [0.15, 0.2) is 47.2 Å². The lowest BCUT2D eigenvalue weighted by molar-refractivity contribution is 0.621. The zero-order valence-electron chi connectivity index (χ0n) is 9.77. The summed E-state index contributed by atoms with van der Waals surface area (Å²) in [6.45, 7) is 0. The SMILES string of the molecule is N#C/C(=C(/N)c1ccc(F)c(Br)c1)c1ccncc1. The van der Waals surface area contributed by atoms with Crippen molar-refractivity contribution in [2.24, 2.45) is 5.73 Å². The summed E-state index contributed by atoms with van der Waals surface area (Å²) in [6.07, 6.45) is 3.17. The summed E-state index contributed by atoms with van der Waals surface area (Å²) >= 11 is 3.10. The number of hydrogen-bond acceptors (Lipinski definition) is 3. The van der Waals surface area contributed by atoms with Crippen LogP contribution in [0.3, 0.4) is 0 Å². The summed E-state index contributed by atoms with van der Waals surface area (Å²) in [5.41, 5.74) is 7.89. The smallest absolute Gasteiger partial charge is 0.137 e. The van der Waals surface area contributed by atoms with Crippen LogP contribution in [0, 0.1) is 17.1 Å². The molecule has 0 bridgehead atoms. The summed E-state index contributed by atoms with van der Waals surface area (Å²) in [7, 11) is 0. The van der Waals surface area contributed by atoms with Gasteiger partial charge in [-0.15, -0.1) is 0 Å². The Morgan fingerprint density at radius 1 is 1.21 bits per heavy atom. The molecule has 94 valence electrons. The van der Waals surface area contributed by atoms with Gasteiger partial charge in [-0.1, -0.05) is 0 Å². The van der Waals surface area contributed by atoms with E-state index >= 15 is 0 Å². The number of hydrogen-bond donors (Lipinski definition) is 1. The minimum atomic E-state index is -0.376. The topological polar surface area (TPSA) is 62.7 Å². The van der Waals surface area contributed by atoms with Gasteiger partial charge in [0.2, 0.25) is 0 Å². The third kappa shape index (κ3) is 2.80. The van der Waals surface area contributed by atoms with Crippen LogP contribution in [0.5, 0.6) is 0 Å². The van der Waals surface area contributed by atoms with Gasteiger partial charge in [-0.2, -0.15) is 5.26 Å². The predicted molar refractivity (Wildman–Crippen MR) is 75.0 cm³/mol. The second kappa shape index (κ2) is 5.63. The third-order valence-corrected chi connectivity index (χ3v) is 3.19. The number of nitrogens with zero attached hydrogens (tertiary/aromatic N) is 2. The molecule has 2 rings (SSSR count). The molecular formula is C14H9BrFN3. The Labute approximate surface area is 118 Å². The Bertz CT molecular complexity index is 675. The summed E-state index contributed by atoms with van der Waals surface area (Å²) in [5.74, 6) is -0.376. The first kappa shape index (κ1) is 13.2. The first-order valence-electron chi connectivity index (χ1n) is 5.39. The van der Waals surface area contributed by atoms with Crippen molar-refractivity contribution in [1.29, 1.82) is 5.26 Å². The van der Waals surface area contributed by atoms with Gasteiger partial charge in [-0.05, 0) is 51.8 Å². The molecule has 1 aromatic carbocycles. The maximum atomic E-state index is 13.2. The van der Waals surface area contributed by atoms with E-state index < -0.39 is 0 Å². The molecule has 0 aliphatic rings. The second-order valence-corrected chi connectivity index (χ2v) is 4.62. The fourth-order valence-electron chi connectivity index (χ4n) is 1.61. The van der Waals surface area contributed by atoms with Gasteiger partial charge >= 0.3 is 0 Å². The van der Waals surface area contributed by atoms with E-state index in [1.165, 1.54) is 12.1 Å². The Morgan fingerprint density at radius 2 is 1.89 bits per heavy atom. The third-order valence-electron chi connectivity index (χ3n) is 2.58. The van der Waals surface area contributed by atoms with E-state index in [1.54, 1.807) is 30.6 Å². The zero-order valence-corrected chi connectivity index (χ0v) is 11.4. The molecule has 5 heteroatoms. The van der Waals surface area contributed by atoms with Crippen molar-refractivity contribution in [3.05, 3.63) is 64.1 Å². The van der Waals surface area contributed by atoms with E-state index in [2.05, 4.69) is 27.0 Å². The predicted octanol–water partition coefficient (Wildman–Crippen LogP) is 3.33. The summed E-state index contributed by atoms with van der Waals surface area (Å²) in [6, 6.07) is 9.85. The maximum absolute atomic E-state index is 13.2. The van der Waals surface area contributed by atoms with E-state index in [4.69, 9.17) is 5.73 Å². The van der Waals surface area contributed by atoms with Crippen molar-refractivity contribution < 1.29 is 4.39 Å². The Balaban J connectivity index is 2.56. The molecule has 2 aromatic rings. The minimum absolute atomic E-state index is 0.300. The molecule has 0 amide bonds. The fraction of sp³-hybridized carbons (Fsp3) is 0. The van der Waals surface area contributed by atoms with E-state index in [9.17, 15) is 9.65 Å². The van der Waals surface area contributed by atoms with Crippen molar-refractivity contribution in [3.63, 3.8) is 0 Å². The van der Waals surface area contributed by atoms with E-state index in [0.29, 0.717) is 26.9 Å². The van der Waals surface area contributed by atoms with Crippen LogP contribution in [0.25, 0.3) is 11.3 Å². The van der Waals surface area contributed by atoms with Crippen LogP contribution in [0.4, 0.5) is 4.39 Å². The molecule has 3 nitrogen and oxygen atoms in total. The van der Waals surface area contributed by atoms with Gasteiger partial charge in [0.25, 0.3) is 0 Å². The van der Waals surface area contributed by atoms with Crippen molar-refractivity contribution >= 4 is 27.2 Å². The summed E-state index contributed by atoms with van der Waals surface area (Å²) in [4.78, 5) is 3.89. The van der Waals surface area contributed by atoms with Crippen molar-refractivity contribution in [2.45, 2.75) is 0 Å². The molecule has 0 atom stereocenters. The van der Waals surface area contributed by atoms with Gasteiger partial charge in [0.15, 0.2) is 0 Å². The van der Waals surface area contributed by atoms with Crippen LogP contribution in [0.2, 0.25) is 0 Å². The van der Waals surface area contributed by atoms with Crippen LogP contribution in [-0.2, 0) is 0 Å². The van der Waals surface area contributed by atoms with E-state index in [0.717, 1.165) is 0 Å². The van der Waals surface area contributed by atoms with Gasteiger partial charge in [-0.3, -0.25) is 4.98 Å². The first-order valence-corrected chi connectivity index (χ1v) is 6.18. The summed E-state index contributed by atoms with van der Waals surface area (Å²) in [5, 5.41) is 9.24. The number of benzene rings is 1. The highest BCUT2D eigenvalue weighted by Gasteiger charge is 2.10. The molecule has 19 heavy (non-hydrogen) atoms. The average molecular weight is 318 g/mol. The van der Waals surface area contributed by atoms with Gasteiger partial charge in [0.1, 0.15) is 11.9 Å². The Morgan fingerprint density at radius 3 is 2.47 bits per heavy atom. The largest absolute Gasteiger partial charge is 0.397 e. The standard InChI is InChI=1S/C14H9BrFN3/c15-12-7-10(1-2-13(12)16)14(18)11(8-17)9-3-5-19-6-4-9/h1-7H,18H2/b14-11-. The minimum Gasteiger partial charge on any atom is -0.397 e. The van der Waals surface area contributed by atoms with Crippen LogP contribution < -0.4 is 5.73 Å². The number of nitriles is 1. The Hall–Kier alpha value is -2.19. The van der Waals surface area contributed by atoms with Crippen LogP contribution in [-0.4, -0.2) is 4.98 Å². The molecule has 1 heterocycles. The molecule has 0 aliphatic heterocycles. The quantitative estimate of drug-likeness (QED) is 0.864. The highest BCUT2D eigenvalue weighted by atomic mass is 79.9. The maximum Gasteiger partial charge on any atom is 0.137 e.